The largest absolute Gasteiger partial charge is 2.00 e. The predicted octanol–water partition coefficient (Wildman–Crippen LogP) is -3.27. The summed E-state index contributed by atoms with van der Waals surface area (Å²) in [6.07, 6.45) is 0. The molecule has 0 aliphatic carbocycles. The fraction of sp³-hybridized carbons (Fsp3) is 0. The summed E-state index contributed by atoms with van der Waals surface area (Å²) in [6.45, 7) is 0. The minimum atomic E-state index is -4.58. The molecule has 0 aliphatic rings. The van der Waals surface area contributed by atoms with E-state index in [9.17, 15) is 14.4 Å². The van der Waals surface area contributed by atoms with Gasteiger partial charge in [-0.25, -0.2) is 0 Å². The molecule has 4 nitrogen and oxygen atoms in total. The van der Waals surface area contributed by atoms with Crippen LogP contribution in [-0.2, 0) is 8.78 Å². The third-order valence-corrected chi connectivity index (χ3v) is 2.01. The van der Waals surface area contributed by atoms with Gasteiger partial charge in [0, 0.05) is 7.82 Å². The van der Waals surface area contributed by atoms with E-state index in [2.05, 4.69) is 4.21 Å². The summed E-state index contributed by atoms with van der Waals surface area (Å²) in [6, 6.07) is 0. The summed E-state index contributed by atoms with van der Waals surface area (Å²) < 4.78 is 12.8. The van der Waals surface area contributed by atoms with Gasteiger partial charge in [0.05, 0.1) is 0 Å². The summed E-state index contributed by atoms with van der Waals surface area (Å²) in [4.78, 5) is 18.6. The van der Waals surface area contributed by atoms with Gasteiger partial charge in [-0.2, -0.15) is 0 Å². The predicted molar refractivity (Wildman–Crippen MR) is 24.4 cm³/mol. The van der Waals surface area contributed by atoms with E-state index < -0.39 is 7.82 Å². The molecule has 0 saturated carbocycles. The zero-order valence-electron chi connectivity index (χ0n) is 3.79. The minimum absolute atomic E-state index is 0. The maximum absolute atomic E-state index is 9.28. The second-order valence-electron chi connectivity index (χ2n) is 0.630. The normalized spacial score (nSPS) is 10.6. The van der Waals surface area contributed by atoms with Crippen LogP contribution in [0.1, 0.15) is 0 Å². The van der Waals surface area contributed by atoms with Crippen LogP contribution in [0.25, 0.3) is 0 Å². The van der Waals surface area contributed by atoms with Crippen LogP contribution < -0.4 is 9.79 Å². The van der Waals surface area contributed by atoms with Gasteiger partial charge < -0.3 is 18.6 Å². The molecule has 0 heterocycles. The van der Waals surface area contributed by atoms with Crippen molar-refractivity contribution in [1.82, 2.24) is 0 Å². The molecule has 0 unspecified atom stereocenters. The average Bonchev–Trinajstić information content (AvgIpc) is 1.35. The molecule has 0 atom stereocenters. The van der Waals surface area contributed by atoms with Gasteiger partial charge in [-0.05, 0) is 0 Å². The second kappa shape index (κ2) is 4.02. The molecule has 7 heteroatoms. The van der Waals surface area contributed by atoms with Crippen molar-refractivity contribution in [1.29, 1.82) is 0 Å². The summed E-state index contributed by atoms with van der Waals surface area (Å²) in [5.41, 5.74) is 0. The molecule has 0 amide bonds. The topological polar surface area (TPSA) is 72.4 Å². The Balaban J connectivity index is 0. The van der Waals surface area contributed by atoms with Crippen LogP contribution in [0, 0.1) is 0 Å². The molecule has 0 bridgehead atoms. The van der Waals surface area contributed by atoms with Crippen molar-refractivity contribution in [2.75, 3.05) is 0 Å². The molecule has 7 heavy (non-hydrogen) atoms. The van der Waals surface area contributed by atoms with Gasteiger partial charge >= 0.3 is 23.1 Å². The molecule has 0 radical (unpaired) electrons. The van der Waals surface area contributed by atoms with E-state index in [1.54, 1.807) is 0 Å². The summed E-state index contributed by atoms with van der Waals surface area (Å²) >= 11 is 0. The first kappa shape index (κ1) is 11.0. The van der Waals surface area contributed by atoms with Crippen LogP contribution in [0.4, 0.5) is 0 Å². The van der Waals surface area contributed by atoms with Crippen molar-refractivity contribution in [3.63, 3.8) is 0 Å². The Kier molecular flexibility index (Phi) is 6.30. The maximum Gasteiger partial charge on any atom is 2.00 e. The Labute approximate surface area is 60.2 Å². The first-order valence-corrected chi connectivity index (χ1v) is 3.42. The van der Waals surface area contributed by atoms with Gasteiger partial charge in [0.1, 0.15) is 0 Å². The van der Waals surface area contributed by atoms with Crippen molar-refractivity contribution >= 4 is 41.4 Å². The third-order valence-electron chi connectivity index (χ3n) is 0.224. The average molecular weight is 150 g/mol. The third kappa shape index (κ3) is 11.0. The van der Waals surface area contributed by atoms with Crippen LogP contribution >= 0.6 is 7.82 Å². The Morgan fingerprint density at radius 3 is 1.71 bits per heavy atom. The van der Waals surface area contributed by atoms with E-state index in [0.717, 1.165) is 0 Å². The fourth-order valence-corrected chi connectivity index (χ4v) is 0. The molecule has 0 aromatic rings. The first-order valence-electron chi connectivity index (χ1n) is 1.14. The number of hydrogen-bond donors (Lipinski definition) is 0. The van der Waals surface area contributed by atoms with Crippen molar-refractivity contribution in [2.45, 2.75) is 0 Å². The van der Waals surface area contributed by atoms with Gasteiger partial charge in [0.15, 0.2) is 10.5 Å². The molecule has 0 saturated heterocycles. The Hall–Kier alpha value is 1.09. The van der Waals surface area contributed by atoms with E-state index in [1.165, 1.54) is 0 Å². The summed E-state index contributed by atoms with van der Waals surface area (Å²) in [7, 11) is -4.62. The quantitative estimate of drug-likeness (QED) is 0.290. The van der Waals surface area contributed by atoms with E-state index >= 15 is 0 Å². The van der Waals surface area contributed by atoms with Gasteiger partial charge in [0.2, 0.25) is 0 Å². The summed E-state index contributed by atoms with van der Waals surface area (Å²) in [5.74, 6) is 0. The molecule has 0 N–H and O–H groups in total. The van der Waals surface area contributed by atoms with Crippen molar-refractivity contribution < 1.29 is 18.6 Å². The zero-order valence-corrected chi connectivity index (χ0v) is 8.10. The van der Waals surface area contributed by atoms with Gasteiger partial charge in [-0.3, -0.25) is 0 Å². The zero-order chi connectivity index (χ0) is 5.21. The standard InChI is InChI=1S/Mg.H5O4PSi/c;1-5(2,3)4-6/h;6H3,(H2,1,2,3)/q+2;/p-2. The van der Waals surface area contributed by atoms with E-state index in [-0.39, 0.29) is 33.5 Å². The van der Waals surface area contributed by atoms with Gasteiger partial charge in [-0.1, -0.05) is 0 Å². The maximum atomic E-state index is 9.28. The van der Waals surface area contributed by atoms with Crippen LogP contribution in [0.5, 0.6) is 0 Å². The number of phosphoric acid groups is 1. The monoisotopic (exact) mass is 150 g/mol. The van der Waals surface area contributed by atoms with E-state index in [4.69, 9.17) is 0 Å². The van der Waals surface area contributed by atoms with Crippen molar-refractivity contribution in [3.8, 4) is 0 Å². The molecule has 38 valence electrons. The van der Waals surface area contributed by atoms with Crippen LogP contribution in [0.15, 0.2) is 0 Å². The molecule has 0 aromatic heterocycles. The number of rotatable bonds is 1. The Bertz CT molecular complexity index is 75.8. The molecular formula is H3MgO4PSi. The Morgan fingerprint density at radius 1 is 1.57 bits per heavy atom. The first-order chi connectivity index (χ1) is 2.56. The molecule has 0 aliphatic heterocycles. The molecule has 0 spiro atoms. The molecule has 0 fully saturated rings. The van der Waals surface area contributed by atoms with E-state index in [1.807, 2.05) is 0 Å². The number of hydrogen-bond acceptors (Lipinski definition) is 4. The van der Waals surface area contributed by atoms with Crippen molar-refractivity contribution in [2.24, 2.45) is 0 Å². The minimum Gasteiger partial charge on any atom is -0.791 e. The molecule has 0 rings (SSSR count). The SMILES string of the molecule is O=P([O-])([O-])O[SiH3].[Mg+2]. The smallest absolute Gasteiger partial charge is 0.791 e. The second-order valence-corrected chi connectivity index (χ2v) is 2.98. The molecule has 0 aromatic carbocycles. The van der Waals surface area contributed by atoms with Crippen LogP contribution in [0.3, 0.4) is 0 Å². The van der Waals surface area contributed by atoms with Gasteiger partial charge in [0.25, 0.3) is 0 Å². The van der Waals surface area contributed by atoms with Crippen LogP contribution in [0.2, 0.25) is 0 Å². The fourth-order valence-electron chi connectivity index (χ4n) is 0. The summed E-state index contributed by atoms with van der Waals surface area (Å²) in [5, 5.41) is 0. The molecular weight excluding hydrogens is 147 g/mol. The Morgan fingerprint density at radius 2 is 1.71 bits per heavy atom. The van der Waals surface area contributed by atoms with Crippen LogP contribution in [-0.4, -0.2) is 33.5 Å². The van der Waals surface area contributed by atoms with Crippen molar-refractivity contribution in [3.05, 3.63) is 0 Å². The van der Waals surface area contributed by atoms with Gasteiger partial charge in [-0.15, -0.1) is 0 Å². The van der Waals surface area contributed by atoms with E-state index in [0.29, 0.717) is 0 Å².